The topological polar surface area (TPSA) is 0 Å². The number of rotatable bonds is 3. The molecule has 2 radical (unpaired) electrons. The summed E-state index contributed by atoms with van der Waals surface area (Å²) in [7, 11) is 0. The first-order chi connectivity index (χ1) is 13.2. The van der Waals surface area contributed by atoms with Crippen molar-refractivity contribution in [2.24, 2.45) is 0 Å². The molecule has 132 valence electrons. The van der Waals surface area contributed by atoms with Gasteiger partial charge in [0.1, 0.15) is 0 Å². The molecule has 27 heavy (non-hydrogen) atoms. The Morgan fingerprint density at radius 1 is 0.481 bits per heavy atom. The zero-order chi connectivity index (χ0) is 18.9. The number of hydrogen-bond acceptors (Lipinski definition) is 0. The molecule has 0 aliphatic heterocycles. The van der Waals surface area contributed by atoms with E-state index in [2.05, 4.69) is 122 Å². The maximum absolute atomic E-state index is 2.27. The first-order valence-corrected chi connectivity index (χ1v) is 13.3. The molecule has 0 bridgehead atoms. The van der Waals surface area contributed by atoms with Crippen LogP contribution in [-0.2, 0) is 0 Å². The van der Waals surface area contributed by atoms with Crippen LogP contribution >= 0.6 is 0 Å². The van der Waals surface area contributed by atoms with Gasteiger partial charge < -0.3 is 0 Å². The molecule has 0 saturated heterocycles. The minimum absolute atomic E-state index is 1.33. The molecule has 0 aromatic heterocycles. The summed E-state index contributed by atoms with van der Waals surface area (Å²) in [5, 5.41) is 0. The van der Waals surface area contributed by atoms with E-state index in [-0.39, 0.29) is 0 Å². The summed E-state index contributed by atoms with van der Waals surface area (Å²) in [5.41, 5.74) is 1.33. The van der Waals surface area contributed by atoms with Gasteiger partial charge >= 0.3 is 181 Å². The van der Waals surface area contributed by atoms with E-state index < -0.39 is 14.3 Å². The van der Waals surface area contributed by atoms with Crippen molar-refractivity contribution in [1.82, 2.24) is 0 Å². The van der Waals surface area contributed by atoms with Crippen LogP contribution in [0.25, 0.3) is 0 Å². The van der Waals surface area contributed by atoms with Crippen LogP contribution in [0.15, 0.2) is 115 Å². The van der Waals surface area contributed by atoms with Gasteiger partial charge in [-0.25, -0.2) is 0 Å². The Bertz CT molecular complexity index is 805. The van der Waals surface area contributed by atoms with Crippen molar-refractivity contribution in [2.75, 3.05) is 0 Å². The van der Waals surface area contributed by atoms with Crippen LogP contribution in [0, 0.1) is 6.92 Å². The Labute approximate surface area is 180 Å². The fraction of sp³-hybridized carbons (Fsp3) is 0.0400. The SMILES string of the molecule is Cc1ccc([Te])cc1.c1cc[c]([Ge]([c]2ccccc2)[c]2ccccc2)cc1. The van der Waals surface area contributed by atoms with Crippen molar-refractivity contribution in [3.63, 3.8) is 0 Å². The van der Waals surface area contributed by atoms with E-state index in [0.29, 0.717) is 0 Å². The Morgan fingerprint density at radius 2 is 0.815 bits per heavy atom. The van der Waals surface area contributed by atoms with Crippen molar-refractivity contribution in [1.29, 1.82) is 0 Å². The molecule has 0 unspecified atom stereocenters. The number of benzene rings is 4. The summed E-state index contributed by atoms with van der Waals surface area (Å²) >= 11 is 0.398. The first kappa shape index (κ1) is 20.0. The molecule has 0 spiro atoms. The van der Waals surface area contributed by atoms with Crippen LogP contribution in [-0.4, -0.2) is 36.6 Å². The van der Waals surface area contributed by atoms with E-state index in [1.165, 1.54) is 22.4 Å². The Kier molecular flexibility index (Phi) is 7.78. The van der Waals surface area contributed by atoms with E-state index in [1.54, 1.807) is 0 Å². The average molecular weight is 523 g/mol. The first-order valence-electron chi connectivity index (χ1n) is 9.01. The molecule has 0 heterocycles. The molecule has 0 saturated carbocycles. The van der Waals surface area contributed by atoms with Crippen molar-refractivity contribution in [3.8, 4) is 0 Å². The quantitative estimate of drug-likeness (QED) is 0.363. The summed E-state index contributed by atoms with van der Waals surface area (Å²) in [6, 6.07) is 41.3. The fourth-order valence-corrected chi connectivity index (χ4v) is 8.65. The summed E-state index contributed by atoms with van der Waals surface area (Å²) in [6.07, 6.45) is 0. The number of aryl methyl sites for hydroxylation is 1. The second-order valence-corrected chi connectivity index (χ2v) is 12.8. The third kappa shape index (κ3) is 6.11. The maximum atomic E-state index is 2.27. The molecule has 4 rings (SSSR count). The van der Waals surface area contributed by atoms with Gasteiger partial charge in [0, 0.05) is 0 Å². The van der Waals surface area contributed by atoms with Crippen LogP contribution < -0.4 is 16.8 Å². The number of hydrogen-bond donors (Lipinski definition) is 0. The van der Waals surface area contributed by atoms with E-state index in [9.17, 15) is 0 Å². The Morgan fingerprint density at radius 3 is 1.11 bits per heavy atom. The van der Waals surface area contributed by atoms with Gasteiger partial charge in [-0.1, -0.05) is 0 Å². The molecule has 4 aromatic rings. The van der Waals surface area contributed by atoms with Gasteiger partial charge in [-0.3, -0.25) is 0 Å². The van der Waals surface area contributed by atoms with Gasteiger partial charge in [-0.05, 0) is 0 Å². The van der Waals surface area contributed by atoms with Crippen molar-refractivity contribution in [2.45, 2.75) is 6.92 Å². The monoisotopic (exact) mass is 526 g/mol. The minimum atomic E-state index is -1.63. The van der Waals surface area contributed by atoms with Gasteiger partial charge in [0.15, 0.2) is 0 Å². The third-order valence-corrected chi connectivity index (χ3v) is 10.7. The zero-order valence-corrected chi connectivity index (χ0v) is 19.8. The van der Waals surface area contributed by atoms with Gasteiger partial charge in [-0.15, -0.1) is 0 Å². The van der Waals surface area contributed by atoms with Gasteiger partial charge in [0.2, 0.25) is 0 Å². The van der Waals surface area contributed by atoms with E-state index in [4.69, 9.17) is 0 Å². The third-order valence-electron chi connectivity index (χ3n) is 4.21. The molecule has 0 N–H and O–H groups in total. The van der Waals surface area contributed by atoms with Crippen LogP contribution in [0.4, 0.5) is 0 Å². The molecule has 0 fully saturated rings. The second-order valence-electron chi connectivity index (χ2n) is 6.29. The van der Waals surface area contributed by atoms with E-state index >= 15 is 0 Å². The molecular weight excluding hydrogens is 500 g/mol. The zero-order valence-electron chi connectivity index (χ0n) is 15.4. The van der Waals surface area contributed by atoms with Crippen molar-refractivity contribution < 1.29 is 0 Å². The average Bonchev–Trinajstić information content (AvgIpc) is 2.73. The molecular formula is C25H22GeTe. The standard InChI is InChI=1S/C18H15Ge.C7H7Te/c1-4-10-16(11-5-1)19(17-12-6-2-7-13-17)18-14-8-3-9-15-18;1-6-2-4-7(8)5-3-6/h1-15H;2-5H,1H3. The van der Waals surface area contributed by atoms with Crippen molar-refractivity contribution >= 4 is 53.4 Å². The van der Waals surface area contributed by atoms with E-state index in [1.807, 2.05) is 22.3 Å². The summed E-state index contributed by atoms with van der Waals surface area (Å²) in [4.78, 5) is 0. The summed E-state index contributed by atoms with van der Waals surface area (Å²) in [5.74, 6) is 0. The van der Waals surface area contributed by atoms with Gasteiger partial charge in [0.25, 0.3) is 0 Å². The van der Waals surface area contributed by atoms with Crippen molar-refractivity contribution in [3.05, 3.63) is 121 Å². The molecule has 0 aliphatic carbocycles. The molecule has 0 atom stereocenters. The summed E-state index contributed by atoms with van der Waals surface area (Å²) < 4.78 is 5.84. The Balaban J connectivity index is 0.000000221. The van der Waals surface area contributed by atoms with Gasteiger partial charge in [0.05, 0.1) is 0 Å². The predicted molar refractivity (Wildman–Crippen MR) is 121 cm³/mol. The molecule has 0 aliphatic rings. The van der Waals surface area contributed by atoms with Crippen LogP contribution in [0.1, 0.15) is 5.56 Å². The van der Waals surface area contributed by atoms with E-state index in [0.717, 1.165) is 0 Å². The van der Waals surface area contributed by atoms with Gasteiger partial charge in [-0.2, -0.15) is 0 Å². The predicted octanol–water partition coefficient (Wildman–Crippen LogP) is 2.99. The molecule has 2 heteroatoms. The second kappa shape index (κ2) is 10.5. The fourth-order valence-electron chi connectivity index (χ4n) is 2.85. The van der Waals surface area contributed by atoms with Crippen LogP contribution in [0.3, 0.4) is 0 Å². The molecule has 4 aromatic carbocycles. The summed E-state index contributed by atoms with van der Waals surface area (Å²) in [6.45, 7) is 2.10. The van der Waals surface area contributed by atoms with Crippen LogP contribution in [0.5, 0.6) is 0 Å². The molecule has 0 amide bonds. The van der Waals surface area contributed by atoms with Crippen LogP contribution in [0.2, 0.25) is 0 Å². The molecule has 0 nitrogen and oxygen atoms in total. The normalized spacial score (nSPS) is 10.1. The Hall–Kier alpha value is -1.79.